The fourth-order valence-corrected chi connectivity index (χ4v) is 5.09. The predicted molar refractivity (Wildman–Crippen MR) is 131 cm³/mol. The molecule has 34 heavy (non-hydrogen) atoms. The van der Waals surface area contributed by atoms with Crippen LogP contribution in [0.4, 0.5) is 15.9 Å². The van der Waals surface area contributed by atoms with E-state index >= 15 is 4.39 Å². The first-order valence-electron chi connectivity index (χ1n) is 11.8. The predicted octanol–water partition coefficient (Wildman–Crippen LogP) is 5.38. The first-order chi connectivity index (χ1) is 16.5. The smallest absolute Gasteiger partial charge is 0.255 e. The Hall–Kier alpha value is -3.06. The Balaban J connectivity index is 1.38. The lowest BCUT2D eigenvalue weighted by Crippen LogP contribution is -2.46. The Morgan fingerprint density at radius 3 is 2.76 bits per heavy atom. The number of halogens is 2. The van der Waals surface area contributed by atoms with Crippen molar-refractivity contribution >= 4 is 29.0 Å². The maximum absolute atomic E-state index is 15.1. The van der Waals surface area contributed by atoms with Crippen LogP contribution in [0.3, 0.4) is 0 Å². The lowest BCUT2D eigenvalue weighted by atomic mass is 9.90. The number of amides is 1. The lowest BCUT2D eigenvalue weighted by molar-refractivity contribution is 0.0917. The monoisotopic (exact) mass is 482 g/mol. The average molecular weight is 483 g/mol. The van der Waals surface area contributed by atoms with Crippen molar-refractivity contribution in [3.63, 3.8) is 0 Å². The van der Waals surface area contributed by atoms with E-state index in [9.17, 15) is 4.79 Å². The molecule has 1 N–H and O–H groups in total. The highest BCUT2D eigenvalue weighted by molar-refractivity contribution is 6.33. The second-order valence-corrected chi connectivity index (χ2v) is 9.58. The molecule has 178 valence electrons. The second kappa shape index (κ2) is 9.29. The van der Waals surface area contributed by atoms with E-state index in [2.05, 4.69) is 15.2 Å². The van der Waals surface area contributed by atoms with Gasteiger partial charge < -0.3 is 19.9 Å². The fourth-order valence-electron chi connectivity index (χ4n) is 4.87. The molecule has 0 radical (unpaired) electrons. The quantitative estimate of drug-likeness (QED) is 0.634. The minimum absolute atomic E-state index is 0.279. The minimum atomic E-state index is -0.832. The molecule has 0 saturated carbocycles. The molecule has 2 aliphatic heterocycles. The second-order valence-electron chi connectivity index (χ2n) is 9.17. The van der Waals surface area contributed by atoms with Crippen LogP contribution >= 0.6 is 11.6 Å². The van der Waals surface area contributed by atoms with Gasteiger partial charge in [-0.15, -0.1) is 0 Å². The Labute approximate surface area is 204 Å². The number of pyridine rings is 1. The van der Waals surface area contributed by atoms with Crippen LogP contribution < -0.4 is 15.0 Å². The molecule has 6 nitrogen and oxygen atoms in total. The minimum Gasteiger partial charge on any atom is -0.489 e. The Kier molecular flexibility index (Phi) is 6.21. The van der Waals surface area contributed by atoms with Gasteiger partial charge in [-0.25, -0.2) is 9.37 Å². The van der Waals surface area contributed by atoms with Crippen LogP contribution in [0.15, 0.2) is 60.2 Å². The van der Waals surface area contributed by atoms with E-state index in [1.807, 2.05) is 24.0 Å². The largest absolute Gasteiger partial charge is 0.489 e. The molecular formula is C26H28ClFN4O2. The van der Waals surface area contributed by atoms with Crippen LogP contribution in [-0.4, -0.2) is 47.6 Å². The van der Waals surface area contributed by atoms with Crippen LogP contribution in [0.5, 0.6) is 5.75 Å². The molecule has 1 aromatic heterocycles. The number of aromatic nitrogens is 1. The van der Waals surface area contributed by atoms with Gasteiger partial charge in [0.05, 0.1) is 34.1 Å². The number of hydrogen-bond acceptors (Lipinski definition) is 5. The van der Waals surface area contributed by atoms with E-state index in [1.165, 1.54) is 12.5 Å². The number of nitrogens with zero attached hydrogens (tertiary/aromatic N) is 3. The molecule has 1 amide bonds. The van der Waals surface area contributed by atoms with E-state index in [4.69, 9.17) is 16.3 Å². The summed E-state index contributed by atoms with van der Waals surface area (Å²) in [5, 5.41) is 3.55. The van der Waals surface area contributed by atoms with Crippen molar-refractivity contribution < 1.29 is 13.9 Å². The number of ether oxygens (including phenoxy) is 1. The molecule has 0 unspecified atom stereocenters. The number of carbonyl (C=O) groups excluding carboxylic acids is 1. The summed E-state index contributed by atoms with van der Waals surface area (Å²) in [4.78, 5) is 21.8. The van der Waals surface area contributed by atoms with E-state index in [0.29, 0.717) is 47.4 Å². The van der Waals surface area contributed by atoms with Gasteiger partial charge in [0.1, 0.15) is 12.4 Å². The van der Waals surface area contributed by atoms with Gasteiger partial charge >= 0.3 is 0 Å². The number of carbonyl (C=O) groups is 1. The molecule has 3 aliphatic rings. The highest BCUT2D eigenvalue weighted by atomic mass is 35.5. The molecule has 5 rings (SSSR count). The number of anilines is 2. The summed E-state index contributed by atoms with van der Waals surface area (Å²) in [6.07, 6.45) is 8.99. The van der Waals surface area contributed by atoms with E-state index in [0.717, 1.165) is 31.6 Å². The molecule has 1 saturated heterocycles. The first-order valence-corrected chi connectivity index (χ1v) is 12.1. The molecule has 1 fully saturated rings. The van der Waals surface area contributed by atoms with Gasteiger partial charge in [0.15, 0.2) is 11.6 Å². The Morgan fingerprint density at radius 2 is 2.00 bits per heavy atom. The standard InChI is InChI=1S/C26H28ClFN4O2/c1-26(11-10-21(20(28)17-26)31-13-3-2-4-14-31)30-25(33)18-7-5-9-22-23(18)34-16-15-32(22)24-19(27)8-6-12-29-24/h5-10,12,17H,2-4,11,13-16H2,1H3,(H,30,33)/t26-/m1/s1. The number of para-hydroxylation sites is 1. The third kappa shape index (κ3) is 4.37. The average Bonchev–Trinajstić information content (AvgIpc) is 2.84. The zero-order valence-corrected chi connectivity index (χ0v) is 19.9. The summed E-state index contributed by atoms with van der Waals surface area (Å²) >= 11 is 6.38. The number of fused-ring (bicyclic) bond motifs is 1. The van der Waals surface area contributed by atoms with Crippen molar-refractivity contribution in [3.8, 4) is 5.75 Å². The molecule has 8 heteroatoms. The summed E-state index contributed by atoms with van der Waals surface area (Å²) in [7, 11) is 0. The van der Waals surface area contributed by atoms with Gasteiger partial charge in [0.25, 0.3) is 5.91 Å². The van der Waals surface area contributed by atoms with Crippen LogP contribution in [0, 0.1) is 0 Å². The highest BCUT2D eigenvalue weighted by Crippen LogP contribution is 2.41. The van der Waals surface area contributed by atoms with Crippen LogP contribution in [0.1, 0.15) is 43.0 Å². The summed E-state index contributed by atoms with van der Waals surface area (Å²) in [6.45, 7) is 4.54. The normalized spacial score (nSPS) is 22.3. The summed E-state index contributed by atoms with van der Waals surface area (Å²) in [5.74, 6) is 0.498. The van der Waals surface area contributed by atoms with E-state index in [-0.39, 0.29) is 11.7 Å². The van der Waals surface area contributed by atoms with Gasteiger partial charge in [0.2, 0.25) is 0 Å². The number of hydrogen-bond donors (Lipinski definition) is 1. The molecule has 0 bridgehead atoms. The third-order valence-corrected chi connectivity index (χ3v) is 6.89. The number of benzene rings is 1. The third-order valence-electron chi connectivity index (χ3n) is 6.59. The number of allylic oxidation sites excluding steroid dienone is 1. The van der Waals surface area contributed by atoms with Crippen molar-refractivity contribution in [2.45, 2.75) is 38.1 Å². The molecule has 1 aliphatic carbocycles. The van der Waals surface area contributed by atoms with E-state index < -0.39 is 5.54 Å². The molecule has 1 atom stereocenters. The molecule has 0 spiro atoms. The van der Waals surface area contributed by atoms with Crippen molar-refractivity contribution in [2.75, 3.05) is 31.1 Å². The topological polar surface area (TPSA) is 57.7 Å². The van der Waals surface area contributed by atoms with Crippen molar-refractivity contribution in [1.29, 1.82) is 0 Å². The zero-order valence-electron chi connectivity index (χ0n) is 19.2. The van der Waals surface area contributed by atoms with Crippen molar-refractivity contribution in [2.24, 2.45) is 0 Å². The van der Waals surface area contributed by atoms with Crippen LogP contribution in [-0.2, 0) is 0 Å². The highest BCUT2D eigenvalue weighted by Gasteiger charge is 2.33. The van der Waals surface area contributed by atoms with Crippen molar-refractivity contribution in [3.05, 3.63) is 70.8 Å². The number of nitrogens with one attached hydrogen (secondary N) is 1. The molecule has 1 aromatic carbocycles. The van der Waals surface area contributed by atoms with Gasteiger partial charge in [0, 0.05) is 19.3 Å². The maximum atomic E-state index is 15.1. The lowest BCUT2D eigenvalue weighted by Gasteiger charge is -2.36. The van der Waals surface area contributed by atoms with E-state index in [1.54, 1.807) is 30.5 Å². The zero-order chi connectivity index (χ0) is 23.7. The molecule has 2 aromatic rings. The summed E-state index contributed by atoms with van der Waals surface area (Å²) < 4.78 is 21.0. The van der Waals surface area contributed by atoms with Gasteiger partial charge in [-0.1, -0.05) is 23.7 Å². The first kappa shape index (κ1) is 22.7. The molecular weight excluding hydrogens is 455 g/mol. The fraction of sp³-hybridized carbons (Fsp3) is 0.385. The SMILES string of the molecule is C[C@]1(NC(=O)c2cccc3c2OCCN3c2ncccc2Cl)C=C(F)C(N2CCCCC2)=CC1. The molecule has 3 heterocycles. The van der Waals surface area contributed by atoms with Crippen LogP contribution in [0.2, 0.25) is 5.02 Å². The van der Waals surface area contributed by atoms with Gasteiger partial charge in [-0.2, -0.15) is 0 Å². The van der Waals surface area contributed by atoms with Gasteiger partial charge in [-0.3, -0.25) is 4.79 Å². The maximum Gasteiger partial charge on any atom is 0.255 e. The summed E-state index contributed by atoms with van der Waals surface area (Å²) in [5.41, 5.74) is 0.939. The van der Waals surface area contributed by atoms with Gasteiger partial charge in [-0.05, 0) is 62.9 Å². The Morgan fingerprint density at radius 1 is 1.18 bits per heavy atom. The van der Waals surface area contributed by atoms with Crippen LogP contribution in [0.25, 0.3) is 0 Å². The number of rotatable bonds is 4. The number of piperidine rings is 1. The number of likely N-dealkylation sites (tertiary alicyclic amines) is 1. The summed E-state index contributed by atoms with van der Waals surface area (Å²) in [6, 6.07) is 8.97. The van der Waals surface area contributed by atoms with Crippen molar-refractivity contribution in [1.82, 2.24) is 15.2 Å². The Bertz CT molecular complexity index is 1160.